The van der Waals surface area contributed by atoms with Gasteiger partial charge in [0.1, 0.15) is 0 Å². The summed E-state index contributed by atoms with van der Waals surface area (Å²) in [6, 6.07) is 10.8. The van der Waals surface area contributed by atoms with E-state index in [0.717, 1.165) is 18.4 Å². The maximum absolute atomic E-state index is 11.8. The third kappa shape index (κ3) is 4.07. The summed E-state index contributed by atoms with van der Waals surface area (Å²) in [6.45, 7) is 0.374. The molecule has 0 radical (unpaired) electrons. The molecule has 0 amide bonds. The van der Waals surface area contributed by atoms with E-state index >= 15 is 0 Å². The van der Waals surface area contributed by atoms with Crippen LogP contribution in [0.1, 0.15) is 22.3 Å². The molecule has 1 heterocycles. The van der Waals surface area contributed by atoms with Crippen LogP contribution in [0.5, 0.6) is 0 Å². The molecule has 0 spiro atoms. The minimum atomic E-state index is -0.378. The summed E-state index contributed by atoms with van der Waals surface area (Å²) in [6.07, 6.45) is 5.16. The Kier molecular flexibility index (Phi) is 4.93. The van der Waals surface area contributed by atoms with Gasteiger partial charge in [0, 0.05) is 12.4 Å². The first kappa shape index (κ1) is 13.6. The van der Waals surface area contributed by atoms with Crippen molar-refractivity contribution in [1.82, 2.24) is 4.98 Å². The van der Waals surface area contributed by atoms with Crippen LogP contribution in [0.4, 0.5) is 0 Å². The fraction of sp³-hybridized carbons (Fsp3) is 0.200. The zero-order valence-corrected chi connectivity index (χ0v) is 11.1. The fourth-order valence-corrected chi connectivity index (χ4v) is 1.90. The molecule has 98 valence electrons. The zero-order chi connectivity index (χ0) is 13.5. The Labute approximate surface area is 117 Å². The van der Waals surface area contributed by atoms with E-state index in [2.05, 4.69) is 4.98 Å². The van der Waals surface area contributed by atoms with E-state index in [4.69, 9.17) is 16.3 Å². The first-order valence-electron chi connectivity index (χ1n) is 6.08. The lowest BCUT2D eigenvalue weighted by Gasteiger charge is -2.06. The van der Waals surface area contributed by atoms with E-state index in [0.29, 0.717) is 17.2 Å². The molecule has 19 heavy (non-hydrogen) atoms. The predicted molar refractivity (Wildman–Crippen MR) is 74.3 cm³/mol. The Morgan fingerprint density at radius 1 is 1.21 bits per heavy atom. The number of benzene rings is 1. The molecule has 1 aromatic heterocycles. The van der Waals surface area contributed by atoms with E-state index in [9.17, 15) is 4.79 Å². The molecule has 0 aliphatic heterocycles. The van der Waals surface area contributed by atoms with Crippen LogP contribution in [-0.4, -0.2) is 17.6 Å². The largest absolute Gasteiger partial charge is 0.462 e. The molecule has 0 unspecified atom stereocenters. The van der Waals surface area contributed by atoms with Crippen molar-refractivity contribution in [2.24, 2.45) is 0 Å². The highest BCUT2D eigenvalue weighted by Crippen LogP contribution is 2.16. The van der Waals surface area contributed by atoms with Crippen molar-refractivity contribution in [1.29, 1.82) is 0 Å². The van der Waals surface area contributed by atoms with Gasteiger partial charge in [-0.05, 0) is 36.6 Å². The summed E-state index contributed by atoms with van der Waals surface area (Å²) in [4.78, 5) is 15.8. The molecule has 0 atom stereocenters. The first-order chi connectivity index (χ1) is 9.27. The highest BCUT2D eigenvalue weighted by Gasteiger charge is 2.10. The standard InChI is InChI=1S/C15H14ClNO2/c16-14-8-2-1-7-13(14)15(18)19-10-4-6-12-5-3-9-17-11-12/h1-3,5,7-9,11H,4,6,10H2. The number of rotatable bonds is 5. The molecule has 4 heteroatoms. The van der Waals surface area contributed by atoms with Gasteiger partial charge >= 0.3 is 5.97 Å². The fourth-order valence-electron chi connectivity index (χ4n) is 1.69. The number of carbonyl (C=O) groups is 1. The lowest BCUT2D eigenvalue weighted by molar-refractivity contribution is 0.0501. The SMILES string of the molecule is O=C(OCCCc1cccnc1)c1ccccc1Cl. The van der Waals surface area contributed by atoms with Crippen LogP contribution < -0.4 is 0 Å². The lowest BCUT2D eigenvalue weighted by atomic mass is 10.2. The Balaban J connectivity index is 1.77. The monoisotopic (exact) mass is 275 g/mol. The Morgan fingerprint density at radius 3 is 2.79 bits per heavy atom. The molecule has 0 saturated carbocycles. The number of pyridine rings is 1. The Bertz CT molecular complexity index is 543. The maximum atomic E-state index is 11.8. The van der Waals surface area contributed by atoms with Gasteiger partial charge in [0.25, 0.3) is 0 Å². The summed E-state index contributed by atoms with van der Waals surface area (Å²) in [5, 5.41) is 0.416. The van der Waals surface area contributed by atoms with Crippen molar-refractivity contribution in [3.8, 4) is 0 Å². The van der Waals surface area contributed by atoms with Crippen LogP contribution in [0.2, 0.25) is 5.02 Å². The van der Waals surface area contributed by atoms with E-state index < -0.39 is 0 Å². The number of nitrogens with zero attached hydrogens (tertiary/aromatic N) is 1. The van der Waals surface area contributed by atoms with Crippen LogP contribution in [0.15, 0.2) is 48.8 Å². The number of aryl methyl sites for hydroxylation is 1. The number of aromatic nitrogens is 1. The molecule has 0 N–H and O–H groups in total. The van der Waals surface area contributed by atoms with Gasteiger partial charge in [0.15, 0.2) is 0 Å². The van der Waals surface area contributed by atoms with Crippen molar-refractivity contribution < 1.29 is 9.53 Å². The van der Waals surface area contributed by atoms with Gasteiger partial charge in [-0.1, -0.05) is 29.8 Å². The quantitative estimate of drug-likeness (QED) is 0.619. The lowest BCUT2D eigenvalue weighted by Crippen LogP contribution is -2.07. The van der Waals surface area contributed by atoms with Crippen molar-refractivity contribution >= 4 is 17.6 Å². The van der Waals surface area contributed by atoms with Crippen LogP contribution in [-0.2, 0) is 11.2 Å². The van der Waals surface area contributed by atoms with E-state index in [1.165, 1.54) is 0 Å². The van der Waals surface area contributed by atoms with Gasteiger partial charge in [-0.2, -0.15) is 0 Å². The first-order valence-corrected chi connectivity index (χ1v) is 6.46. The zero-order valence-electron chi connectivity index (χ0n) is 10.4. The number of carbonyl (C=O) groups excluding carboxylic acids is 1. The topological polar surface area (TPSA) is 39.2 Å². The molecule has 0 bridgehead atoms. The van der Waals surface area contributed by atoms with Crippen molar-refractivity contribution in [2.75, 3.05) is 6.61 Å². The van der Waals surface area contributed by atoms with Gasteiger partial charge < -0.3 is 4.74 Å². The van der Waals surface area contributed by atoms with Crippen LogP contribution in [0, 0.1) is 0 Å². The van der Waals surface area contributed by atoms with Gasteiger partial charge in [-0.25, -0.2) is 4.79 Å². The van der Waals surface area contributed by atoms with E-state index in [1.807, 2.05) is 18.3 Å². The number of esters is 1. The molecule has 2 rings (SSSR count). The third-order valence-electron chi connectivity index (χ3n) is 2.66. The van der Waals surface area contributed by atoms with Crippen molar-refractivity contribution in [3.63, 3.8) is 0 Å². The minimum absolute atomic E-state index is 0.374. The average molecular weight is 276 g/mol. The summed E-state index contributed by atoms with van der Waals surface area (Å²) in [7, 11) is 0. The van der Waals surface area contributed by atoms with Crippen molar-refractivity contribution in [2.45, 2.75) is 12.8 Å². The average Bonchev–Trinajstić information content (AvgIpc) is 2.45. The van der Waals surface area contributed by atoms with Crippen LogP contribution in [0.25, 0.3) is 0 Å². The summed E-state index contributed by atoms with van der Waals surface area (Å²) < 4.78 is 5.19. The third-order valence-corrected chi connectivity index (χ3v) is 2.99. The maximum Gasteiger partial charge on any atom is 0.339 e. The molecule has 1 aromatic carbocycles. The van der Waals surface area contributed by atoms with Crippen molar-refractivity contribution in [3.05, 3.63) is 64.9 Å². The Hall–Kier alpha value is -1.87. The van der Waals surface area contributed by atoms with Gasteiger partial charge in [-0.15, -0.1) is 0 Å². The molecule has 0 aliphatic rings. The summed E-state index contributed by atoms with van der Waals surface area (Å²) in [5.74, 6) is -0.378. The molecule has 0 fully saturated rings. The molecular weight excluding hydrogens is 262 g/mol. The second-order valence-corrected chi connectivity index (χ2v) is 4.49. The number of ether oxygens (including phenoxy) is 1. The molecular formula is C15H14ClNO2. The normalized spacial score (nSPS) is 10.2. The van der Waals surface area contributed by atoms with Crippen LogP contribution in [0.3, 0.4) is 0 Å². The second kappa shape index (κ2) is 6.90. The van der Waals surface area contributed by atoms with E-state index in [1.54, 1.807) is 30.5 Å². The second-order valence-electron chi connectivity index (χ2n) is 4.08. The predicted octanol–water partition coefficient (Wildman–Crippen LogP) is 3.52. The van der Waals surface area contributed by atoms with Gasteiger partial charge in [0.2, 0.25) is 0 Å². The summed E-state index contributed by atoms with van der Waals surface area (Å²) >= 11 is 5.92. The van der Waals surface area contributed by atoms with Crippen LogP contribution >= 0.6 is 11.6 Å². The Morgan fingerprint density at radius 2 is 2.05 bits per heavy atom. The summed E-state index contributed by atoms with van der Waals surface area (Å²) in [5.41, 5.74) is 1.54. The highest BCUT2D eigenvalue weighted by molar-refractivity contribution is 6.33. The number of hydrogen-bond donors (Lipinski definition) is 0. The molecule has 0 saturated heterocycles. The van der Waals surface area contributed by atoms with E-state index in [-0.39, 0.29) is 5.97 Å². The smallest absolute Gasteiger partial charge is 0.339 e. The highest BCUT2D eigenvalue weighted by atomic mass is 35.5. The molecule has 3 nitrogen and oxygen atoms in total. The van der Waals surface area contributed by atoms with Gasteiger partial charge in [0.05, 0.1) is 17.2 Å². The molecule has 2 aromatic rings. The minimum Gasteiger partial charge on any atom is -0.462 e. The number of hydrogen-bond acceptors (Lipinski definition) is 3. The van der Waals surface area contributed by atoms with Gasteiger partial charge in [-0.3, -0.25) is 4.98 Å². The molecule has 0 aliphatic carbocycles. The number of halogens is 1.